The molecule has 0 atom stereocenters. The SMILES string of the molecule is Cc1[nH]ncc1NC(=O)c1cc(NC(=O)c2cc(-c3ccc(F)cn3)c(Cl)cc2Cl)n(-c2ccccc2)n1. The van der Waals surface area contributed by atoms with Crippen molar-refractivity contribution in [2.75, 3.05) is 10.6 Å². The molecule has 3 aromatic heterocycles. The Kier molecular flexibility index (Phi) is 6.91. The van der Waals surface area contributed by atoms with E-state index in [1.807, 2.05) is 6.07 Å². The maximum Gasteiger partial charge on any atom is 0.276 e. The molecule has 190 valence electrons. The average molecular weight is 550 g/mol. The second kappa shape index (κ2) is 10.4. The Hall–Kier alpha value is -4.54. The van der Waals surface area contributed by atoms with Gasteiger partial charge in [0, 0.05) is 11.6 Å². The highest BCUT2D eigenvalue weighted by Crippen LogP contribution is 2.33. The lowest BCUT2D eigenvalue weighted by atomic mass is 10.1. The van der Waals surface area contributed by atoms with E-state index in [2.05, 4.69) is 30.9 Å². The quantitative estimate of drug-likeness (QED) is 0.243. The number of hydrogen-bond acceptors (Lipinski definition) is 5. The van der Waals surface area contributed by atoms with E-state index in [1.165, 1.54) is 41.2 Å². The van der Waals surface area contributed by atoms with Gasteiger partial charge in [-0.05, 0) is 43.3 Å². The van der Waals surface area contributed by atoms with E-state index in [4.69, 9.17) is 23.2 Å². The molecular weight excluding hydrogens is 532 g/mol. The van der Waals surface area contributed by atoms with Crippen LogP contribution in [0.2, 0.25) is 10.0 Å². The molecule has 0 spiro atoms. The summed E-state index contributed by atoms with van der Waals surface area (Å²) in [6.07, 6.45) is 2.54. The van der Waals surface area contributed by atoms with Crippen LogP contribution in [0.1, 0.15) is 26.5 Å². The molecule has 2 amide bonds. The number of H-pyrrole nitrogens is 1. The lowest BCUT2D eigenvalue weighted by molar-refractivity contribution is 0.101. The lowest BCUT2D eigenvalue weighted by Gasteiger charge is -2.12. The van der Waals surface area contributed by atoms with Crippen LogP contribution in [0.3, 0.4) is 0 Å². The van der Waals surface area contributed by atoms with Gasteiger partial charge < -0.3 is 10.6 Å². The first-order chi connectivity index (χ1) is 18.3. The van der Waals surface area contributed by atoms with Crippen LogP contribution in [0.15, 0.2) is 73.1 Å². The van der Waals surface area contributed by atoms with Crippen molar-refractivity contribution < 1.29 is 14.0 Å². The number of halogens is 3. The number of hydrogen-bond donors (Lipinski definition) is 3. The molecule has 5 rings (SSSR count). The number of benzene rings is 2. The first-order valence-corrected chi connectivity index (χ1v) is 11.9. The molecule has 2 aromatic carbocycles. The summed E-state index contributed by atoms with van der Waals surface area (Å²) >= 11 is 12.7. The molecule has 12 heteroatoms. The minimum atomic E-state index is -0.579. The lowest BCUT2D eigenvalue weighted by Crippen LogP contribution is -2.16. The van der Waals surface area contributed by atoms with E-state index in [0.717, 1.165) is 6.20 Å². The van der Waals surface area contributed by atoms with Crippen LogP contribution in [0, 0.1) is 12.7 Å². The largest absolute Gasteiger partial charge is 0.318 e. The van der Waals surface area contributed by atoms with Crippen molar-refractivity contribution in [3.63, 3.8) is 0 Å². The summed E-state index contributed by atoms with van der Waals surface area (Å²) in [5, 5.41) is 16.9. The Bertz CT molecular complexity index is 1650. The number of para-hydroxylation sites is 1. The number of amides is 2. The van der Waals surface area contributed by atoms with Crippen LogP contribution in [0.4, 0.5) is 15.9 Å². The Balaban J connectivity index is 1.49. The molecule has 0 saturated carbocycles. The zero-order chi connectivity index (χ0) is 26.8. The Morgan fingerprint density at radius 2 is 1.74 bits per heavy atom. The van der Waals surface area contributed by atoms with Crippen LogP contribution in [-0.2, 0) is 0 Å². The first-order valence-electron chi connectivity index (χ1n) is 11.2. The summed E-state index contributed by atoms with van der Waals surface area (Å²) in [5.41, 5.74) is 2.71. The van der Waals surface area contributed by atoms with Crippen molar-refractivity contribution in [3.05, 3.63) is 106 Å². The Labute approximate surface area is 225 Å². The summed E-state index contributed by atoms with van der Waals surface area (Å²) < 4.78 is 14.8. The van der Waals surface area contributed by atoms with Gasteiger partial charge in [-0.1, -0.05) is 41.4 Å². The molecule has 3 N–H and O–H groups in total. The summed E-state index contributed by atoms with van der Waals surface area (Å²) in [6.45, 7) is 1.77. The van der Waals surface area contributed by atoms with E-state index in [1.54, 1.807) is 31.2 Å². The van der Waals surface area contributed by atoms with Gasteiger partial charge in [-0.15, -0.1) is 0 Å². The summed E-state index contributed by atoms with van der Waals surface area (Å²) in [7, 11) is 0. The minimum absolute atomic E-state index is 0.0585. The van der Waals surface area contributed by atoms with Gasteiger partial charge in [0.25, 0.3) is 11.8 Å². The van der Waals surface area contributed by atoms with Crippen LogP contribution in [-0.4, -0.2) is 36.8 Å². The van der Waals surface area contributed by atoms with Crippen molar-refractivity contribution in [3.8, 4) is 16.9 Å². The zero-order valence-electron chi connectivity index (χ0n) is 19.7. The van der Waals surface area contributed by atoms with Crippen LogP contribution < -0.4 is 10.6 Å². The maximum atomic E-state index is 13.4. The predicted molar refractivity (Wildman–Crippen MR) is 142 cm³/mol. The van der Waals surface area contributed by atoms with Gasteiger partial charge in [0.1, 0.15) is 11.6 Å². The van der Waals surface area contributed by atoms with Gasteiger partial charge in [-0.2, -0.15) is 10.2 Å². The number of aromatic nitrogens is 5. The second-order valence-corrected chi connectivity index (χ2v) is 8.97. The fourth-order valence-electron chi connectivity index (χ4n) is 3.65. The molecule has 0 aliphatic heterocycles. The van der Waals surface area contributed by atoms with E-state index in [0.29, 0.717) is 28.3 Å². The molecule has 0 aliphatic rings. The number of pyridine rings is 1. The van der Waals surface area contributed by atoms with Gasteiger partial charge in [-0.25, -0.2) is 9.07 Å². The standard InChI is InChI=1S/C26H18Cl2FN7O2/c1-14-23(13-31-34-14)32-26(38)22-11-24(36(35-22)16-5-3-2-4-6-16)33-25(37)18-9-17(19(27)10-20(18)28)21-8-7-15(29)12-30-21/h2-13H,1H3,(H,31,34)(H,32,38)(H,33,37). The zero-order valence-corrected chi connectivity index (χ0v) is 21.2. The van der Waals surface area contributed by atoms with Crippen LogP contribution >= 0.6 is 23.2 Å². The van der Waals surface area contributed by atoms with Gasteiger partial charge in [0.15, 0.2) is 5.69 Å². The average Bonchev–Trinajstić information content (AvgIpc) is 3.51. The second-order valence-electron chi connectivity index (χ2n) is 8.15. The van der Waals surface area contributed by atoms with Gasteiger partial charge in [0.2, 0.25) is 0 Å². The molecule has 3 heterocycles. The molecule has 0 fully saturated rings. The topological polar surface area (TPSA) is 118 Å². The van der Waals surface area contributed by atoms with Crippen molar-refractivity contribution in [2.45, 2.75) is 6.92 Å². The molecule has 0 aliphatic carbocycles. The van der Waals surface area contributed by atoms with E-state index in [-0.39, 0.29) is 27.1 Å². The number of nitrogens with one attached hydrogen (secondary N) is 3. The summed E-state index contributed by atoms with van der Waals surface area (Å²) in [5.74, 6) is -1.35. The summed E-state index contributed by atoms with van der Waals surface area (Å²) in [6, 6.07) is 16.0. The third-order valence-electron chi connectivity index (χ3n) is 5.57. The highest BCUT2D eigenvalue weighted by Gasteiger charge is 2.21. The van der Waals surface area contributed by atoms with Gasteiger partial charge in [0.05, 0.1) is 50.8 Å². The number of carbonyl (C=O) groups excluding carboxylic acids is 2. The number of rotatable bonds is 6. The molecule has 9 nitrogen and oxygen atoms in total. The Morgan fingerprint density at radius 1 is 0.947 bits per heavy atom. The van der Waals surface area contributed by atoms with Crippen LogP contribution in [0.5, 0.6) is 0 Å². The highest BCUT2D eigenvalue weighted by atomic mass is 35.5. The fraction of sp³-hybridized carbons (Fsp3) is 0.0385. The highest BCUT2D eigenvalue weighted by molar-refractivity contribution is 6.38. The fourth-order valence-corrected chi connectivity index (χ4v) is 4.21. The van der Waals surface area contributed by atoms with Gasteiger partial charge >= 0.3 is 0 Å². The smallest absolute Gasteiger partial charge is 0.276 e. The molecular formula is C26H18Cl2FN7O2. The number of nitrogens with zero attached hydrogens (tertiary/aromatic N) is 4. The predicted octanol–water partition coefficient (Wildman–Crippen LogP) is 5.92. The van der Waals surface area contributed by atoms with Crippen molar-refractivity contribution in [2.24, 2.45) is 0 Å². The third kappa shape index (κ3) is 5.13. The number of anilines is 2. The van der Waals surface area contributed by atoms with E-state index >= 15 is 0 Å². The number of carbonyl (C=O) groups is 2. The third-order valence-corrected chi connectivity index (χ3v) is 6.19. The van der Waals surface area contributed by atoms with Crippen molar-refractivity contribution >= 4 is 46.5 Å². The molecule has 0 unspecified atom stereocenters. The Morgan fingerprint density at radius 3 is 2.42 bits per heavy atom. The van der Waals surface area contributed by atoms with Crippen LogP contribution in [0.25, 0.3) is 16.9 Å². The monoisotopic (exact) mass is 549 g/mol. The molecule has 38 heavy (non-hydrogen) atoms. The minimum Gasteiger partial charge on any atom is -0.318 e. The summed E-state index contributed by atoms with van der Waals surface area (Å²) in [4.78, 5) is 30.3. The molecule has 5 aromatic rings. The maximum absolute atomic E-state index is 13.4. The molecule has 0 radical (unpaired) electrons. The first kappa shape index (κ1) is 25.1. The van der Waals surface area contributed by atoms with E-state index < -0.39 is 17.6 Å². The number of aryl methyl sites for hydroxylation is 1. The van der Waals surface area contributed by atoms with Gasteiger partial charge in [-0.3, -0.25) is 19.7 Å². The molecule has 0 saturated heterocycles. The van der Waals surface area contributed by atoms with E-state index in [9.17, 15) is 14.0 Å². The molecule has 0 bridgehead atoms. The normalized spacial score (nSPS) is 10.8. The number of aromatic amines is 1. The van der Waals surface area contributed by atoms with Crippen molar-refractivity contribution in [1.29, 1.82) is 0 Å². The van der Waals surface area contributed by atoms with Crippen molar-refractivity contribution in [1.82, 2.24) is 25.0 Å².